The van der Waals surface area contributed by atoms with Gasteiger partial charge in [0.15, 0.2) is 5.96 Å². The molecule has 0 unspecified atom stereocenters. The average Bonchev–Trinajstić information content (AvgIpc) is 2.71. The summed E-state index contributed by atoms with van der Waals surface area (Å²) < 4.78 is 10.4. The summed E-state index contributed by atoms with van der Waals surface area (Å²) in [6, 6.07) is 16.0. The third kappa shape index (κ3) is 9.53. The summed E-state index contributed by atoms with van der Waals surface area (Å²) in [6.07, 6.45) is 0.379. The lowest BCUT2D eigenvalue weighted by molar-refractivity contribution is 0.0636. The maximum atomic E-state index is 11.8. The summed E-state index contributed by atoms with van der Waals surface area (Å²) in [5, 5.41) is 9.38. The highest BCUT2D eigenvalue weighted by molar-refractivity contribution is 5.84. The Morgan fingerprint density at radius 1 is 0.935 bits per heavy atom. The minimum atomic E-state index is -0.518. The number of guanidine groups is 1. The summed E-state index contributed by atoms with van der Waals surface area (Å²) in [5.74, 6) is 0.754. The fourth-order valence-corrected chi connectivity index (χ4v) is 2.83. The normalized spacial score (nSPS) is 11.7. The predicted octanol–water partition coefficient (Wildman–Crippen LogP) is 4.09. The van der Waals surface area contributed by atoms with Gasteiger partial charge in [-0.05, 0) is 56.0 Å². The number of carbonyl (C=O) groups excluding carboxylic acids is 1. The standard InChI is InChI=1S/C24H34N4O3/c1-24(2,3)31-23(29)28-21-12-10-18(11-13-21)14-15-26-22(25-4)27-16-19-6-8-20(9-7-19)17-30-5/h6-13H,14-17H2,1-5H3,(H,28,29)(H2,25,26,27). The summed E-state index contributed by atoms with van der Waals surface area (Å²) in [6.45, 7) is 7.57. The van der Waals surface area contributed by atoms with Gasteiger partial charge in [0.2, 0.25) is 0 Å². The Morgan fingerprint density at radius 2 is 1.55 bits per heavy atom. The fourth-order valence-electron chi connectivity index (χ4n) is 2.83. The first-order valence-electron chi connectivity index (χ1n) is 10.4. The van der Waals surface area contributed by atoms with E-state index in [0.717, 1.165) is 30.1 Å². The molecule has 0 bridgehead atoms. The van der Waals surface area contributed by atoms with Gasteiger partial charge in [0, 0.05) is 32.9 Å². The van der Waals surface area contributed by atoms with Crippen LogP contribution in [0.25, 0.3) is 0 Å². The zero-order valence-electron chi connectivity index (χ0n) is 19.1. The lowest BCUT2D eigenvalue weighted by Gasteiger charge is -2.19. The molecule has 0 atom stereocenters. The van der Waals surface area contributed by atoms with Crippen molar-refractivity contribution in [2.45, 2.75) is 45.9 Å². The molecule has 0 radical (unpaired) electrons. The van der Waals surface area contributed by atoms with Gasteiger partial charge in [-0.2, -0.15) is 0 Å². The van der Waals surface area contributed by atoms with Crippen LogP contribution in [0.5, 0.6) is 0 Å². The van der Waals surface area contributed by atoms with E-state index < -0.39 is 11.7 Å². The highest BCUT2D eigenvalue weighted by Crippen LogP contribution is 2.13. The molecule has 2 rings (SSSR count). The highest BCUT2D eigenvalue weighted by atomic mass is 16.6. The largest absolute Gasteiger partial charge is 0.444 e. The summed E-state index contributed by atoms with van der Waals surface area (Å²) in [5.41, 5.74) is 3.68. The Labute approximate surface area is 185 Å². The van der Waals surface area contributed by atoms with Crippen molar-refractivity contribution < 1.29 is 14.3 Å². The molecule has 0 aromatic heterocycles. The molecule has 0 aliphatic heterocycles. The zero-order chi connectivity index (χ0) is 22.7. The molecule has 0 aliphatic rings. The predicted molar refractivity (Wildman–Crippen MR) is 125 cm³/mol. The molecule has 2 aromatic carbocycles. The first kappa shape index (κ1) is 24.2. The van der Waals surface area contributed by atoms with Gasteiger partial charge >= 0.3 is 6.09 Å². The third-order valence-electron chi connectivity index (χ3n) is 4.32. The highest BCUT2D eigenvalue weighted by Gasteiger charge is 2.16. The number of rotatable bonds is 8. The van der Waals surface area contributed by atoms with E-state index >= 15 is 0 Å². The van der Waals surface area contributed by atoms with Gasteiger partial charge in [0.1, 0.15) is 5.60 Å². The van der Waals surface area contributed by atoms with Gasteiger partial charge in [-0.1, -0.05) is 36.4 Å². The lowest BCUT2D eigenvalue weighted by atomic mass is 10.1. The number of benzene rings is 2. The number of amides is 1. The topological polar surface area (TPSA) is 84.0 Å². The number of anilines is 1. The Kier molecular flexibility index (Phi) is 9.34. The van der Waals surface area contributed by atoms with Gasteiger partial charge in [0.05, 0.1) is 6.61 Å². The van der Waals surface area contributed by atoms with Crippen LogP contribution in [0.2, 0.25) is 0 Å². The van der Waals surface area contributed by atoms with Crippen molar-refractivity contribution >= 4 is 17.7 Å². The van der Waals surface area contributed by atoms with Crippen molar-refractivity contribution in [3.05, 3.63) is 65.2 Å². The Balaban J connectivity index is 1.73. The van der Waals surface area contributed by atoms with E-state index in [9.17, 15) is 4.79 Å². The number of hydrogen-bond donors (Lipinski definition) is 3. The fraction of sp³-hybridized carbons (Fsp3) is 0.417. The molecule has 2 aromatic rings. The Bertz CT molecular complexity index is 841. The van der Waals surface area contributed by atoms with Crippen LogP contribution in [0, 0.1) is 0 Å². The Hall–Kier alpha value is -3.06. The zero-order valence-corrected chi connectivity index (χ0v) is 19.1. The van der Waals surface area contributed by atoms with E-state index in [1.54, 1.807) is 14.2 Å². The number of aliphatic imine (C=N–C) groups is 1. The number of carbonyl (C=O) groups is 1. The smallest absolute Gasteiger partial charge is 0.412 e. The van der Waals surface area contributed by atoms with Crippen LogP contribution in [-0.4, -0.2) is 38.4 Å². The van der Waals surface area contributed by atoms with Crippen LogP contribution in [0.3, 0.4) is 0 Å². The summed E-state index contributed by atoms with van der Waals surface area (Å²) >= 11 is 0. The van der Waals surface area contributed by atoms with Gasteiger partial charge in [0.25, 0.3) is 0 Å². The molecule has 0 aliphatic carbocycles. The van der Waals surface area contributed by atoms with Gasteiger partial charge in [-0.15, -0.1) is 0 Å². The molecule has 0 saturated heterocycles. The molecular weight excluding hydrogens is 392 g/mol. The monoisotopic (exact) mass is 426 g/mol. The molecule has 168 valence electrons. The van der Waals surface area contributed by atoms with E-state index in [1.807, 2.05) is 45.0 Å². The average molecular weight is 427 g/mol. The number of nitrogens with one attached hydrogen (secondary N) is 3. The van der Waals surface area contributed by atoms with Crippen LogP contribution in [0.15, 0.2) is 53.5 Å². The van der Waals surface area contributed by atoms with Crippen molar-refractivity contribution in [2.24, 2.45) is 4.99 Å². The van der Waals surface area contributed by atoms with E-state index in [-0.39, 0.29) is 0 Å². The van der Waals surface area contributed by atoms with Gasteiger partial charge < -0.3 is 20.1 Å². The van der Waals surface area contributed by atoms with E-state index in [4.69, 9.17) is 9.47 Å². The van der Waals surface area contributed by atoms with Crippen molar-refractivity contribution in [2.75, 3.05) is 26.0 Å². The third-order valence-corrected chi connectivity index (χ3v) is 4.32. The van der Waals surface area contributed by atoms with Crippen LogP contribution >= 0.6 is 0 Å². The second kappa shape index (κ2) is 12.0. The van der Waals surface area contributed by atoms with Crippen LogP contribution < -0.4 is 16.0 Å². The molecule has 31 heavy (non-hydrogen) atoms. The minimum Gasteiger partial charge on any atom is -0.444 e. The summed E-state index contributed by atoms with van der Waals surface area (Å²) in [4.78, 5) is 16.1. The Morgan fingerprint density at radius 3 is 2.13 bits per heavy atom. The van der Waals surface area contributed by atoms with Crippen molar-refractivity contribution in [1.29, 1.82) is 0 Å². The molecule has 0 heterocycles. The molecule has 3 N–H and O–H groups in total. The van der Waals surface area contributed by atoms with E-state index in [0.29, 0.717) is 18.8 Å². The van der Waals surface area contributed by atoms with Crippen LogP contribution in [0.4, 0.5) is 10.5 Å². The lowest BCUT2D eigenvalue weighted by Crippen LogP contribution is -2.37. The van der Waals surface area contributed by atoms with Crippen molar-refractivity contribution in [3.63, 3.8) is 0 Å². The molecule has 0 fully saturated rings. The number of ether oxygens (including phenoxy) is 2. The maximum absolute atomic E-state index is 11.8. The minimum absolute atomic E-state index is 0.454. The van der Waals surface area contributed by atoms with Crippen LogP contribution in [0.1, 0.15) is 37.5 Å². The second-order valence-corrected chi connectivity index (χ2v) is 8.18. The molecule has 1 amide bonds. The quantitative estimate of drug-likeness (QED) is 0.437. The number of methoxy groups -OCH3 is 1. The van der Waals surface area contributed by atoms with Crippen molar-refractivity contribution in [3.8, 4) is 0 Å². The number of nitrogens with zero attached hydrogens (tertiary/aromatic N) is 1. The van der Waals surface area contributed by atoms with Gasteiger partial charge in [-0.25, -0.2) is 4.79 Å². The van der Waals surface area contributed by atoms with E-state index in [2.05, 4.69) is 45.2 Å². The first-order chi connectivity index (χ1) is 14.8. The molecule has 0 saturated carbocycles. The molecule has 7 nitrogen and oxygen atoms in total. The van der Waals surface area contributed by atoms with E-state index in [1.165, 1.54) is 5.56 Å². The SMILES string of the molecule is CN=C(NCCc1ccc(NC(=O)OC(C)(C)C)cc1)NCc1ccc(COC)cc1. The van der Waals surface area contributed by atoms with Crippen molar-refractivity contribution in [1.82, 2.24) is 10.6 Å². The molecular formula is C24H34N4O3. The summed E-state index contributed by atoms with van der Waals surface area (Å²) in [7, 11) is 3.45. The molecule has 7 heteroatoms. The number of hydrogen-bond acceptors (Lipinski definition) is 4. The van der Waals surface area contributed by atoms with Gasteiger partial charge in [-0.3, -0.25) is 10.3 Å². The van der Waals surface area contributed by atoms with Crippen LogP contribution in [-0.2, 0) is 29.0 Å². The first-order valence-corrected chi connectivity index (χ1v) is 10.4. The second-order valence-electron chi connectivity index (χ2n) is 8.18. The maximum Gasteiger partial charge on any atom is 0.412 e. The molecule has 0 spiro atoms.